The molecule has 3 aromatic rings. The fourth-order valence-electron chi connectivity index (χ4n) is 1.99. The highest BCUT2D eigenvalue weighted by molar-refractivity contribution is 6.34. The summed E-state index contributed by atoms with van der Waals surface area (Å²) in [5, 5.41) is 0.824. The van der Waals surface area contributed by atoms with E-state index in [4.69, 9.17) is 16.3 Å². The third-order valence-electron chi connectivity index (χ3n) is 3.03. The van der Waals surface area contributed by atoms with Gasteiger partial charge in [-0.15, -0.1) is 0 Å². The Morgan fingerprint density at radius 2 is 1.86 bits per heavy atom. The predicted octanol–water partition coefficient (Wildman–Crippen LogP) is 4.24. The van der Waals surface area contributed by atoms with Crippen LogP contribution in [0.1, 0.15) is 0 Å². The maximum Gasteiger partial charge on any atom is 0.164 e. The first-order chi connectivity index (χ1) is 10.1. The Kier molecular flexibility index (Phi) is 3.43. The van der Waals surface area contributed by atoms with Crippen LogP contribution in [0.15, 0.2) is 36.4 Å². The van der Waals surface area contributed by atoms with Gasteiger partial charge < -0.3 is 4.74 Å². The molecule has 0 amide bonds. The maximum absolute atomic E-state index is 13.8. The van der Waals surface area contributed by atoms with Crippen molar-refractivity contribution < 1.29 is 13.5 Å². The fraction of sp³-hybridized carbons (Fsp3) is 0.0667. The Morgan fingerprint density at radius 1 is 1.05 bits per heavy atom. The van der Waals surface area contributed by atoms with Crippen LogP contribution < -0.4 is 4.74 Å². The van der Waals surface area contributed by atoms with Crippen LogP contribution >= 0.6 is 11.6 Å². The van der Waals surface area contributed by atoms with E-state index >= 15 is 0 Å². The van der Waals surface area contributed by atoms with Gasteiger partial charge >= 0.3 is 0 Å². The number of methoxy groups -OCH3 is 1. The van der Waals surface area contributed by atoms with E-state index in [0.717, 1.165) is 12.1 Å². The van der Waals surface area contributed by atoms with Crippen LogP contribution in [0.3, 0.4) is 0 Å². The maximum atomic E-state index is 13.8. The summed E-state index contributed by atoms with van der Waals surface area (Å²) in [4.78, 5) is 8.34. The van der Waals surface area contributed by atoms with E-state index < -0.39 is 11.6 Å². The summed E-state index contributed by atoms with van der Waals surface area (Å²) in [6, 6.07) is 8.33. The lowest BCUT2D eigenvalue weighted by Crippen LogP contribution is -1.95. The van der Waals surface area contributed by atoms with Crippen LogP contribution in [0.5, 0.6) is 5.75 Å². The van der Waals surface area contributed by atoms with Crippen molar-refractivity contribution in [1.29, 1.82) is 0 Å². The van der Waals surface area contributed by atoms with Crippen LogP contribution in [-0.4, -0.2) is 17.1 Å². The van der Waals surface area contributed by atoms with Crippen molar-refractivity contribution in [1.82, 2.24) is 9.97 Å². The number of halogens is 3. The molecular formula is C15H9ClF2N2O. The van der Waals surface area contributed by atoms with Crippen molar-refractivity contribution in [3.05, 3.63) is 53.2 Å². The summed E-state index contributed by atoms with van der Waals surface area (Å²) >= 11 is 6.10. The first kappa shape index (κ1) is 13.7. The van der Waals surface area contributed by atoms with E-state index in [2.05, 4.69) is 9.97 Å². The van der Waals surface area contributed by atoms with Crippen LogP contribution in [0.25, 0.3) is 22.3 Å². The number of fused-ring (bicyclic) bond motifs is 1. The van der Waals surface area contributed by atoms with E-state index in [0.29, 0.717) is 16.7 Å². The minimum absolute atomic E-state index is 0.0861. The molecule has 0 aliphatic rings. The second-order valence-corrected chi connectivity index (χ2v) is 4.70. The Hall–Kier alpha value is -2.27. The lowest BCUT2D eigenvalue weighted by molar-refractivity contribution is 0.415. The summed E-state index contributed by atoms with van der Waals surface area (Å²) in [6.45, 7) is 0. The first-order valence-electron chi connectivity index (χ1n) is 6.05. The first-order valence-corrected chi connectivity index (χ1v) is 6.43. The van der Waals surface area contributed by atoms with Gasteiger partial charge in [0.15, 0.2) is 5.82 Å². The second-order valence-electron chi connectivity index (χ2n) is 4.35. The molecule has 1 heterocycles. The molecule has 1 aromatic heterocycles. The molecule has 6 heteroatoms. The van der Waals surface area contributed by atoms with Gasteiger partial charge in [-0.25, -0.2) is 18.7 Å². The number of hydrogen-bond acceptors (Lipinski definition) is 3. The van der Waals surface area contributed by atoms with E-state index in [1.807, 2.05) is 0 Å². The quantitative estimate of drug-likeness (QED) is 0.664. The lowest BCUT2D eigenvalue weighted by atomic mass is 10.1. The van der Waals surface area contributed by atoms with Crippen LogP contribution in [-0.2, 0) is 0 Å². The van der Waals surface area contributed by atoms with E-state index in [9.17, 15) is 8.78 Å². The molecule has 106 valence electrons. The molecular weight excluding hydrogens is 298 g/mol. The molecule has 3 rings (SSSR count). The molecule has 0 saturated carbocycles. The third-order valence-corrected chi connectivity index (χ3v) is 3.32. The van der Waals surface area contributed by atoms with Crippen molar-refractivity contribution in [3.63, 3.8) is 0 Å². The highest BCUT2D eigenvalue weighted by Crippen LogP contribution is 2.28. The van der Waals surface area contributed by atoms with Crippen molar-refractivity contribution in [3.8, 4) is 17.1 Å². The average molecular weight is 307 g/mol. The van der Waals surface area contributed by atoms with Crippen LogP contribution in [0, 0.1) is 11.6 Å². The smallest absolute Gasteiger partial charge is 0.164 e. The van der Waals surface area contributed by atoms with Crippen molar-refractivity contribution >= 4 is 22.5 Å². The largest absolute Gasteiger partial charge is 0.497 e. The van der Waals surface area contributed by atoms with Crippen molar-refractivity contribution in [2.75, 3.05) is 7.11 Å². The Balaban J connectivity index is 2.23. The summed E-state index contributed by atoms with van der Waals surface area (Å²) in [5.74, 6) is -0.709. The normalized spacial score (nSPS) is 10.9. The molecule has 0 bridgehead atoms. The molecule has 21 heavy (non-hydrogen) atoms. The Bertz CT molecular complexity index is 839. The molecule has 2 aromatic carbocycles. The summed E-state index contributed by atoms with van der Waals surface area (Å²) in [5.41, 5.74) is 0.607. The molecule has 0 saturated heterocycles. The molecule has 0 atom stereocenters. The van der Waals surface area contributed by atoms with Gasteiger partial charge in [0.25, 0.3) is 0 Å². The van der Waals surface area contributed by atoms with Gasteiger partial charge in [0.2, 0.25) is 0 Å². The topological polar surface area (TPSA) is 35.0 Å². The van der Waals surface area contributed by atoms with Crippen molar-refractivity contribution in [2.24, 2.45) is 0 Å². The van der Waals surface area contributed by atoms with Crippen LogP contribution in [0.4, 0.5) is 8.78 Å². The van der Waals surface area contributed by atoms with Gasteiger partial charge in [0.1, 0.15) is 22.5 Å². The Morgan fingerprint density at radius 3 is 2.57 bits per heavy atom. The number of hydrogen-bond donors (Lipinski definition) is 0. The monoisotopic (exact) mass is 306 g/mol. The van der Waals surface area contributed by atoms with Crippen molar-refractivity contribution in [2.45, 2.75) is 0 Å². The zero-order chi connectivity index (χ0) is 15.0. The molecule has 0 aliphatic carbocycles. The SMILES string of the molecule is COc1ccc2c(Cl)nc(-c3ccc(F)cc3F)nc2c1. The van der Waals surface area contributed by atoms with E-state index in [-0.39, 0.29) is 16.5 Å². The minimum Gasteiger partial charge on any atom is -0.497 e. The van der Waals surface area contributed by atoms with Gasteiger partial charge in [0, 0.05) is 17.5 Å². The zero-order valence-electron chi connectivity index (χ0n) is 10.9. The van der Waals surface area contributed by atoms with E-state index in [1.165, 1.54) is 13.2 Å². The van der Waals surface area contributed by atoms with Crippen LogP contribution in [0.2, 0.25) is 5.15 Å². The van der Waals surface area contributed by atoms with Gasteiger partial charge in [-0.05, 0) is 24.3 Å². The highest BCUT2D eigenvalue weighted by atomic mass is 35.5. The Labute approximate surface area is 124 Å². The molecule has 0 fully saturated rings. The summed E-state index contributed by atoms with van der Waals surface area (Å²) in [6.07, 6.45) is 0. The molecule has 0 spiro atoms. The summed E-state index contributed by atoms with van der Waals surface area (Å²) < 4.78 is 31.9. The summed E-state index contributed by atoms with van der Waals surface area (Å²) in [7, 11) is 1.53. The number of aromatic nitrogens is 2. The second kappa shape index (κ2) is 5.26. The number of nitrogens with zero attached hydrogens (tertiary/aromatic N) is 2. The van der Waals surface area contributed by atoms with Gasteiger partial charge in [-0.1, -0.05) is 11.6 Å². The zero-order valence-corrected chi connectivity index (χ0v) is 11.7. The average Bonchev–Trinajstić information content (AvgIpc) is 2.46. The predicted molar refractivity (Wildman–Crippen MR) is 76.5 cm³/mol. The molecule has 0 radical (unpaired) electrons. The molecule has 0 N–H and O–H groups in total. The van der Waals surface area contributed by atoms with E-state index in [1.54, 1.807) is 18.2 Å². The minimum atomic E-state index is -0.742. The number of ether oxygens (including phenoxy) is 1. The lowest BCUT2D eigenvalue weighted by Gasteiger charge is -2.07. The highest BCUT2D eigenvalue weighted by Gasteiger charge is 2.13. The number of benzene rings is 2. The fourth-order valence-corrected chi connectivity index (χ4v) is 2.23. The van der Waals surface area contributed by atoms with Gasteiger partial charge in [-0.3, -0.25) is 0 Å². The molecule has 0 aliphatic heterocycles. The van der Waals surface area contributed by atoms with Gasteiger partial charge in [0.05, 0.1) is 18.2 Å². The third kappa shape index (κ3) is 2.52. The molecule has 0 unspecified atom stereocenters. The standard InChI is InChI=1S/C15H9ClF2N2O/c1-21-9-3-5-11-13(7-9)19-15(20-14(11)16)10-4-2-8(17)6-12(10)18/h2-7H,1H3. The molecule has 3 nitrogen and oxygen atoms in total. The number of rotatable bonds is 2. The van der Waals surface area contributed by atoms with Gasteiger partial charge in [-0.2, -0.15) is 0 Å².